The van der Waals surface area contributed by atoms with E-state index in [1.54, 1.807) is 0 Å². The van der Waals surface area contributed by atoms with Gasteiger partial charge in [0.2, 0.25) is 0 Å². The van der Waals surface area contributed by atoms with E-state index in [0.717, 1.165) is 78.1 Å². The average molecular weight is 666 g/mol. The number of benzene rings is 8. The van der Waals surface area contributed by atoms with Crippen LogP contribution >= 0.6 is 0 Å². The van der Waals surface area contributed by atoms with Gasteiger partial charge in [-0.2, -0.15) is 0 Å². The molecule has 0 aliphatic heterocycles. The van der Waals surface area contributed by atoms with E-state index < -0.39 is 0 Å². The molecule has 10 rings (SSSR count). The van der Waals surface area contributed by atoms with Gasteiger partial charge in [0.1, 0.15) is 5.58 Å². The first-order valence-corrected chi connectivity index (χ1v) is 17.5. The smallest absolute Gasteiger partial charge is 0.160 e. The lowest BCUT2D eigenvalue weighted by Gasteiger charge is -2.26. The van der Waals surface area contributed by atoms with Gasteiger partial charge in [0.15, 0.2) is 5.58 Å². The van der Waals surface area contributed by atoms with Crippen LogP contribution in [0.3, 0.4) is 0 Å². The second kappa shape index (κ2) is 12.4. The number of furan rings is 1. The molecule has 2 aromatic heterocycles. The van der Waals surface area contributed by atoms with Crippen LogP contribution in [0, 0.1) is 0 Å². The summed E-state index contributed by atoms with van der Waals surface area (Å²) >= 11 is 0. The fourth-order valence-corrected chi connectivity index (χ4v) is 7.35. The molecule has 0 spiro atoms. The van der Waals surface area contributed by atoms with Crippen molar-refractivity contribution in [3.8, 4) is 33.6 Å². The van der Waals surface area contributed by atoms with Crippen LogP contribution in [0.1, 0.15) is 0 Å². The van der Waals surface area contributed by atoms with Crippen molar-refractivity contribution in [1.29, 1.82) is 0 Å². The molecule has 4 nitrogen and oxygen atoms in total. The van der Waals surface area contributed by atoms with Crippen LogP contribution in [0.15, 0.2) is 192 Å². The Bertz CT molecular complexity index is 2900. The summed E-state index contributed by atoms with van der Waals surface area (Å²) in [5.74, 6) is 0. The Balaban J connectivity index is 1.25. The molecule has 0 N–H and O–H groups in total. The molecule has 0 saturated carbocycles. The molecule has 0 atom stereocenters. The maximum absolute atomic E-state index is 6.89. The molecule has 52 heavy (non-hydrogen) atoms. The van der Waals surface area contributed by atoms with Crippen molar-refractivity contribution < 1.29 is 4.42 Å². The molecule has 0 unspecified atom stereocenters. The molecule has 244 valence electrons. The molecule has 0 radical (unpaired) electrons. The summed E-state index contributed by atoms with van der Waals surface area (Å²) in [6.45, 7) is 0. The molecular formula is C48H31N3O. The van der Waals surface area contributed by atoms with E-state index in [0.29, 0.717) is 0 Å². The molecule has 2 heterocycles. The monoisotopic (exact) mass is 665 g/mol. The molecule has 0 aliphatic rings. The molecule has 10 aromatic rings. The fraction of sp³-hybridized carbons (Fsp3) is 0. The molecule has 8 aromatic carbocycles. The van der Waals surface area contributed by atoms with Gasteiger partial charge in [-0.25, -0.2) is 9.97 Å². The Labute approximate surface area is 300 Å². The highest BCUT2D eigenvalue weighted by Gasteiger charge is 2.25. The van der Waals surface area contributed by atoms with Gasteiger partial charge in [-0.1, -0.05) is 133 Å². The van der Waals surface area contributed by atoms with E-state index >= 15 is 0 Å². The minimum atomic E-state index is 0.785. The van der Waals surface area contributed by atoms with Crippen LogP contribution in [0.2, 0.25) is 0 Å². The third-order valence-corrected chi connectivity index (χ3v) is 9.84. The van der Waals surface area contributed by atoms with Crippen molar-refractivity contribution in [1.82, 2.24) is 9.97 Å². The van der Waals surface area contributed by atoms with Gasteiger partial charge in [0, 0.05) is 33.3 Å². The van der Waals surface area contributed by atoms with Crippen LogP contribution in [-0.4, -0.2) is 9.97 Å². The SMILES string of the molecule is c1ccc(-c2ccc(N(c3ccc4ccccc4c3)c3ccc(-c4nc5ccccc5nc4-c4ccccc4)c4c3oc3ccccc34)cc2)cc1. The zero-order valence-corrected chi connectivity index (χ0v) is 28.1. The minimum absolute atomic E-state index is 0.785. The van der Waals surface area contributed by atoms with E-state index in [1.165, 1.54) is 16.3 Å². The van der Waals surface area contributed by atoms with Gasteiger partial charge >= 0.3 is 0 Å². The highest BCUT2D eigenvalue weighted by molar-refractivity contribution is 6.17. The molecule has 4 heteroatoms. The molecular weight excluding hydrogens is 635 g/mol. The van der Waals surface area contributed by atoms with Gasteiger partial charge < -0.3 is 9.32 Å². The summed E-state index contributed by atoms with van der Waals surface area (Å²) in [6.07, 6.45) is 0. The summed E-state index contributed by atoms with van der Waals surface area (Å²) in [6, 6.07) is 65.4. The van der Waals surface area contributed by atoms with Crippen molar-refractivity contribution >= 4 is 60.8 Å². The maximum atomic E-state index is 6.89. The Morgan fingerprint density at radius 2 is 1.02 bits per heavy atom. The van der Waals surface area contributed by atoms with Crippen molar-refractivity contribution in [3.05, 3.63) is 188 Å². The summed E-state index contributed by atoms with van der Waals surface area (Å²) in [5.41, 5.74) is 12.3. The number of nitrogens with zero attached hydrogens (tertiary/aromatic N) is 3. The number of hydrogen-bond acceptors (Lipinski definition) is 4. The topological polar surface area (TPSA) is 42.2 Å². The van der Waals surface area contributed by atoms with Crippen molar-refractivity contribution in [2.24, 2.45) is 0 Å². The summed E-state index contributed by atoms with van der Waals surface area (Å²) in [4.78, 5) is 12.8. The van der Waals surface area contributed by atoms with E-state index in [2.05, 4.69) is 132 Å². The van der Waals surface area contributed by atoms with Gasteiger partial charge in [-0.15, -0.1) is 0 Å². The third-order valence-electron chi connectivity index (χ3n) is 9.84. The highest BCUT2D eigenvalue weighted by atomic mass is 16.3. The number of aromatic nitrogens is 2. The Morgan fingerprint density at radius 3 is 1.79 bits per heavy atom. The first-order chi connectivity index (χ1) is 25.8. The number of para-hydroxylation sites is 3. The number of rotatable bonds is 6. The average Bonchev–Trinajstić information content (AvgIpc) is 3.62. The number of hydrogen-bond donors (Lipinski definition) is 0. The Hall–Kier alpha value is -7.04. The van der Waals surface area contributed by atoms with E-state index in [9.17, 15) is 0 Å². The lowest BCUT2D eigenvalue weighted by molar-refractivity contribution is 0.669. The standard InChI is InChI=1S/C48H31N3O/c1-3-13-32(14-4-1)34-23-26-37(27-24-34)51(38-28-25-33-15-7-8-18-36(33)31-38)43-30-29-40(45-39-19-9-12-22-44(39)52-48(43)45)47-46(35-16-5-2-6-17-35)49-41-20-10-11-21-42(41)50-47/h1-31H. The predicted molar refractivity (Wildman–Crippen MR) is 215 cm³/mol. The lowest BCUT2D eigenvalue weighted by atomic mass is 9.97. The number of anilines is 3. The minimum Gasteiger partial charge on any atom is -0.454 e. The summed E-state index contributed by atoms with van der Waals surface area (Å²) < 4.78 is 6.89. The van der Waals surface area contributed by atoms with Crippen LogP contribution in [-0.2, 0) is 0 Å². The summed E-state index contributed by atoms with van der Waals surface area (Å²) in [7, 11) is 0. The van der Waals surface area contributed by atoms with E-state index in [1.807, 2.05) is 60.7 Å². The lowest BCUT2D eigenvalue weighted by Crippen LogP contribution is -2.10. The highest BCUT2D eigenvalue weighted by Crippen LogP contribution is 2.47. The van der Waals surface area contributed by atoms with Crippen molar-refractivity contribution in [2.45, 2.75) is 0 Å². The molecule has 0 aliphatic carbocycles. The first kappa shape index (κ1) is 29.8. The molecule has 0 fully saturated rings. The second-order valence-electron chi connectivity index (χ2n) is 13.0. The molecule has 0 bridgehead atoms. The van der Waals surface area contributed by atoms with Crippen LogP contribution in [0.5, 0.6) is 0 Å². The predicted octanol–water partition coefficient (Wildman–Crippen LogP) is 13.2. The quantitative estimate of drug-likeness (QED) is 0.177. The van der Waals surface area contributed by atoms with Crippen LogP contribution in [0.4, 0.5) is 17.1 Å². The zero-order valence-electron chi connectivity index (χ0n) is 28.1. The normalized spacial score (nSPS) is 11.5. The van der Waals surface area contributed by atoms with Gasteiger partial charge in [0.25, 0.3) is 0 Å². The fourth-order valence-electron chi connectivity index (χ4n) is 7.35. The van der Waals surface area contributed by atoms with Crippen molar-refractivity contribution in [3.63, 3.8) is 0 Å². The zero-order chi connectivity index (χ0) is 34.4. The molecule has 0 amide bonds. The van der Waals surface area contributed by atoms with Gasteiger partial charge in [-0.05, 0) is 76.5 Å². The Kier molecular flexibility index (Phi) is 7.10. The summed E-state index contributed by atoms with van der Waals surface area (Å²) in [5, 5.41) is 4.39. The molecule has 0 saturated heterocycles. The largest absolute Gasteiger partial charge is 0.454 e. The van der Waals surface area contributed by atoms with Gasteiger partial charge in [0.05, 0.1) is 28.1 Å². The van der Waals surface area contributed by atoms with Crippen LogP contribution in [0.25, 0.3) is 77.4 Å². The first-order valence-electron chi connectivity index (χ1n) is 17.5. The van der Waals surface area contributed by atoms with E-state index in [4.69, 9.17) is 14.4 Å². The second-order valence-corrected chi connectivity index (χ2v) is 13.0. The van der Waals surface area contributed by atoms with Crippen LogP contribution < -0.4 is 4.90 Å². The number of fused-ring (bicyclic) bond motifs is 5. The van der Waals surface area contributed by atoms with Gasteiger partial charge in [-0.3, -0.25) is 0 Å². The third kappa shape index (κ3) is 5.09. The van der Waals surface area contributed by atoms with Crippen molar-refractivity contribution in [2.75, 3.05) is 4.90 Å². The Morgan fingerprint density at radius 1 is 0.423 bits per heavy atom. The maximum Gasteiger partial charge on any atom is 0.160 e. The van der Waals surface area contributed by atoms with E-state index in [-0.39, 0.29) is 0 Å².